The Bertz CT molecular complexity index is 742. The van der Waals surface area contributed by atoms with Crippen LogP contribution in [0.4, 0.5) is 0 Å². The maximum atomic E-state index is 12.4. The summed E-state index contributed by atoms with van der Waals surface area (Å²) in [5, 5.41) is 4.46. The molecule has 4 nitrogen and oxygen atoms in total. The smallest absolute Gasteiger partial charge is 0.268 e. The molecule has 1 amide bonds. The molecule has 1 heterocycles. The summed E-state index contributed by atoms with van der Waals surface area (Å²) in [7, 11) is 1.66. The van der Waals surface area contributed by atoms with Crippen molar-refractivity contribution >= 4 is 16.7 Å². The number of hydrogen-bond donors (Lipinski definition) is 1. The van der Waals surface area contributed by atoms with Crippen molar-refractivity contribution < 1.29 is 4.79 Å². The third-order valence-corrected chi connectivity index (χ3v) is 4.66. The molecule has 0 radical (unpaired) electrons. The summed E-state index contributed by atoms with van der Waals surface area (Å²) < 4.78 is 1.44. The Morgan fingerprint density at radius 1 is 1.23 bits per heavy atom. The van der Waals surface area contributed by atoms with Gasteiger partial charge >= 0.3 is 0 Å². The van der Waals surface area contributed by atoms with Crippen LogP contribution in [0.2, 0.25) is 0 Å². The van der Waals surface area contributed by atoms with Gasteiger partial charge in [0, 0.05) is 19.0 Å². The highest BCUT2D eigenvalue weighted by Crippen LogP contribution is 2.22. The van der Waals surface area contributed by atoms with E-state index < -0.39 is 0 Å². The van der Waals surface area contributed by atoms with E-state index in [1.165, 1.54) is 36.7 Å². The summed E-state index contributed by atoms with van der Waals surface area (Å²) in [6.45, 7) is 0.708. The van der Waals surface area contributed by atoms with Gasteiger partial charge in [-0.25, -0.2) is 0 Å². The van der Waals surface area contributed by atoms with Crippen LogP contribution in [0.25, 0.3) is 10.8 Å². The van der Waals surface area contributed by atoms with E-state index in [2.05, 4.69) is 5.32 Å². The molecule has 1 aromatic carbocycles. The van der Waals surface area contributed by atoms with Crippen LogP contribution in [0.15, 0.2) is 35.1 Å². The first kappa shape index (κ1) is 14.8. The number of pyridine rings is 1. The summed E-state index contributed by atoms with van der Waals surface area (Å²) in [6, 6.07) is 9.18. The van der Waals surface area contributed by atoms with Crippen molar-refractivity contribution in [2.24, 2.45) is 13.0 Å². The minimum atomic E-state index is -0.157. The number of nitrogens with one attached hydrogen (secondary N) is 1. The van der Waals surface area contributed by atoms with E-state index in [4.69, 9.17) is 0 Å². The first-order valence-corrected chi connectivity index (χ1v) is 8.04. The van der Waals surface area contributed by atoms with Gasteiger partial charge in [0.15, 0.2) is 0 Å². The van der Waals surface area contributed by atoms with Gasteiger partial charge in [-0.1, -0.05) is 37.5 Å². The van der Waals surface area contributed by atoms with Crippen LogP contribution >= 0.6 is 0 Å². The molecule has 0 unspecified atom stereocenters. The van der Waals surface area contributed by atoms with Crippen molar-refractivity contribution in [2.45, 2.75) is 32.1 Å². The topological polar surface area (TPSA) is 51.1 Å². The van der Waals surface area contributed by atoms with E-state index in [9.17, 15) is 9.59 Å². The van der Waals surface area contributed by atoms with E-state index in [0.29, 0.717) is 23.5 Å². The molecule has 0 atom stereocenters. The Balaban J connectivity index is 1.81. The number of benzene rings is 1. The highest BCUT2D eigenvalue weighted by Gasteiger charge is 2.17. The molecule has 116 valence electrons. The second kappa shape index (κ2) is 6.34. The number of amides is 1. The van der Waals surface area contributed by atoms with Gasteiger partial charge in [0.1, 0.15) is 5.69 Å². The molecule has 1 aliphatic rings. The van der Waals surface area contributed by atoms with Crippen LogP contribution < -0.4 is 10.9 Å². The minimum Gasteiger partial charge on any atom is -0.350 e. The molecule has 0 aliphatic heterocycles. The van der Waals surface area contributed by atoms with Crippen molar-refractivity contribution in [3.8, 4) is 0 Å². The molecule has 4 heteroatoms. The van der Waals surface area contributed by atoms with Gasteiger partial charge in [-0.15, -0.1) is 0 Å². The maximum Gasteiger partial charge on any atom is 0.268 e. The van der Waals surface area contributed by atoms with Crippen LogP contribution in [-0.4, -0.2) is 17.0 Å². The third-order valence-electron chi connectivity index (χ3n) is 4.66. The average molecular weight is 298 g/mol. The number of fused-ring (bicyclic) bond motifs is 1. The molecule has 0 bridgehead atoms. The van der Waals surface area contributed by atoms with Gasteiger partial charge in [0.05, 0.1) is 0 Å². The lowest BCUT2D eigenvalue weighted by Crippen LogP contribution is -2.34. The zero-order valence-electron chi connectivity index (χ0n) is 13.0. The SMILES string of the molecule is Cn1c(C(=O)NCC2CCCCC2)cc2ccccc2c1=O. The first-order chi connectivity index (χ1) is 10.7. The summed E-state index contributed by atoms with van der Waals surface area (Å²) in [6.07, 6.45) is 6.21. The lowest BCUT2D eigenvalue weighted by atomic mass is 9.89. The van der Waals surface area contributed by atoms with Crippen molar-refractivity contribution in [2.75, 3.05) is 6.54 Å². The molecule has 1 saturated carbocycles. The van der Waals surface area contributed by atoms with Crippen molar-refractivity contribution in [1.82, 2.24) is 9.88 Å². The lowest BCUT2D eigenvalue weighted by Gasteiger charge is -2.22. The van der Waals surface area contributed by atoms with Gasteiger partial charge in [0.2, 0.25) is 0 Å². The predicted octanol–water partition coefficient (Wildman–Crippen LogP) is 2.85. The van der Waals surface area contributed by atoms with Gasteiger partial charge in [-0.2, -0.15) is 0 Å². The van der Waals surface area contributed by atoms with Gasteiger partial charge in [0.25, 0.3) is 11.5 Å². The van der Waals surface area contributed by atoms with Gasteiger partial charge < -0.3 is 9.88 Å². The molecule has 2 aromatic rings. The molecule has 0 spiro atoms. The fourth-order valence-corrected chi connectivity index (χ4v) is 3.29. The van der Waals surface area contributed by atoms with E-state index in [0.717, 1.165) is 5.39 Å². The molecule has 0 saturated heterocycles. The van der Waals surface area contributed by atoms with E-state index >= 15 is 0 Å². The zero-order valence-corrected chi connectivity index (χ0v) is 13.0. The van der Waals surface area contributed by atoms with Crippen molar-refractivity contribution in [3.05, 3.63) is 46.4 Å². The molecule has 1 aromatic heterocycles. The molecule has 1 N–H and O–H groups in total. The second-order valence-electron chi connectivity index (χ2n) is 6.20. The molecule has 1 fully saturated rings. The Kier molecular flexibility index (Phi) is 4.27. The Hall–Kier alpha value is -2.10. The average Bonchev–Trinajstić information content (AvgIpc) is 2.57. The second-order valence-corrected chi connectivity index (χ2v) is 6.20. The highest BCUT2D eigenvalue weighted by molar-refractivity contribution is 5.96. The van der Waals surface area contributed by atoms with Crippen LogP contribution in [-0.2, 0) is 7.05 Å². The first-order valence-electron chi connectivity index (χ1n) is 8.04. The number of rotatable bonds is 3. The fourth-order valence-electron chi connectivity index (χ4n) is 3.29. The number of nitrogens with zero attached hydrogens (tertiary/aromatic N) is 1. The van der Waals surface area contributed by atoms with Crippen LogP contribution in [0.1, 0.15) is 42.6 Å². The van der Waals surface area contributed by atoms with Crippen LogP contribution in [0, 0.1) is 5.92 Å². The van der Waals surface area contributed by atoms with Crippen LogP contribution in [0.3, 0.4) is 0 Å². The highest BCUT2D eigenvalue weighted by atomic mass is 16.2. The maximum absolute atomic E-state index is 12.4. The molecule has 22 heavy (non-hydrogen) atoms. The van der Waals surface area contributed by atoms with Crippen LogP contribution in [0.5, 0.6) is 0 Å². The Labute approximate surface area is 130 Å². The van der Waals surface area contributed by atoms with E-state index in [-0.39, 0.29) is 11.5 Å². The van der Waals surface area contributed by atoms with E-state index in [1.54, 1.807) is 19.2 Å². The van der Waals surface area contributed by atoms with Gasteiger partial charge in [-0.05, 0) is 36.3 Å². The summed E-state index contributed by atoms with van der Waals surface area (Å²) >= 11 is 0. The largest absolute Gasteiger partial charge is 0.350 e. The molecular weight excluding hydrogens is 276 g/mol. The predicted molar refractivity (Wildman–Crippen MR) is 88.1 cm³/mol. The zero-order chi connectivity index (χ0) is 15.5. The summed E-state index contributed by atoms with van der Waals surface area (Å²) in [5.74, 6) is 0.422. The van der Waals surface area contributed by atoms with Gasteiger partial charge in [-0.3, -0.25) is 9.59 Å². The lowest BCUT2D eigenvalue weighted by molar-refractivity contribution is 0.0934. The van der Waals surface area contributed by atoms with Crippen molar-refractivity contribution in [1.29, 1.82) is 0 Å². The summed E-state index contributed by atoms with van der Waals surface area (Å²) in [4.78, 5) is 24.8. The molecule has 3 rings (SSSR count). The van der Waals surface area contributed by atoms with Crippen molar-refractivity contribution in [3.63, 3.8) is 0 Å². The normalized spacial score (nSPS) is 15.9. The molecule has 1 aliphatic carbocycles. The number of aromatic nitrogens is 1. The van der Waals surface area contributed by atoms with E-state index in [1.807, 2.05) is 18.2 Å². The standard InChI is InChI=1S/C18H22N2O2/c1-20-16(11-14-9-5-6-10-15(14)18(20)22)17(21)19-12-13-7-3-2-4-8-13/h5-6,9-11,13H,2-4,7-8,12H2,1H3,(H,19,21). The number of carbonyl (C=O) groups is 1. The number of hydrogen-bond acceptors (Lipinski definition) is 2. The Morgan fingerprint density at radius 3 is 2.73 bits per heavy atom. The monoisotopic (exact) mass is 298 g/mol. The summed E-state index contributed by atoms with van der Waals surface area (Å²) in [5.41, 5.74) is 0.306. The molecular formula is C18H22N2O2. The fraction of sp³-hybridized carbons (Fsp3) is 0.444. The third kappa shape index (κ3) is 2.91. The number of carbonyl (C=O) groups excluding carboxylic acids is 1. The minimum absolute atomic E-state index is 0.124. The Morgan fingerprint density at radius 2 is 1.95 bits per heavy atom. The quantitative estimate of drug-likeness (QED) is 0.947.